The van der Waals surface area contributed by atoms with E-state index in [1.54, 1.807) is 0 Å². The number of aryl methyl sites for hydroxylation is 1. The zero-order valence-electron chi connectivity index (χ0n) is 17.4. The lowest BCUT2D eigenvalue weighted by atomic mass is 10.2. The van der Waals surface area contributed by atoms with Crippen molar-refractivity contribution in [2.75, 3.05) is 5.73 Å². The molecular formula is C22H18ClF2N7O. The Bertz CT molecular complexity index is 1500. The van der Waals surface area contributed by atoms with E-state index in [1.165, 1.54) is 53.6 Å². The fraction of sp³-hybridized carbons (Fsp3) is 0.136. The van der Waals surface area contributed by atoms with Crippen LogP contribution in [0.1, 0.15) is 19.2 Å². The molecule has 2 aromatic carbocycles. The second-order valence-electron chi connectivity index (χ2n) is 7.01. The van der Waals surface area contributed by atoms with Gasteiger partial charge < -0.3 is 10.7 Å². The minimum absolute atomic E-state index is 0.0239. The average molecular weight is 470 g/mol. The summed E-state index contributed by atoms with van der Waals surface area (Å²) < 4.78 is 28.2. The third-order valence-corrected chi connectivity index (χ3v) is 5.18. The van der Waals surface area contributed by atoms with Crippen LogP contribution >= 0.6 is 11.6 Å². The number of anilines is 1. The molecule has 3 heterocycles. The van der Waals surface area contributed by atoms with Gasteiger partial charge in [-0.25, -0.2) is 28.7 Å². The Balaban J connectivity index is 0.000000214. The monoisotopic (exact) mass is 469 g/mol. The van der Waals surface area contributed by atoms with Crippen molar-refractivity contribution in [3.8, 4) is 5.69 Å². The van der Waals surface area contributed by atoms with Gasteiger partial charge in [0.1, 0.15) is 29.3 Å². The topological polar surface area (TPSA) is 115 Å². The molecule has 5 rings (SSSR count). The number of nitrogen functional groups attached to an aromatic ring is 1. The summed E-state index contributed by atoms with van der Waals surface area (Å²) >= 11 is 5.96. The van der Waals surface area contributed by atoms with Crippen molar-refractivity contribution in [2.45, 2.75) is 19.8 Å². The number of nitrogens with one attached hydrogen (secondary N) is 1. The molecule has 0 aliphatic heterocycles. The molecule has 0 spiro atoms. The molecule has 8 nitrogen and oxygen atoms in total. The maximum absolute atomic E-state index is 13.7. The summed E-state index contributed by atoms with van der Waals surface area (Å²) in [6, 6.07) is 8.11. The Morgan fingerprint density at radius 3 is 2.55 bits per heavy atom. The number of hydrogen-bond donors (Lipinski definition) is 2. The molecule has 0 atom stereocenters. The van der Waals surface area contributed by atoms with E-state index in [2.05, 4.69) is 24.9 Å². The summed E-state index contributed by atoms with van der Waals surface area (Å²) in [4.78, 5) is 31.7. The van der Waals surface area contributed by atoms with Crippen LogP contribution in [0.5, 0.6) is 0 Å². The number of aromatic nitrogens is 6. The van der Waals surface area contributed by atoms with Gasteiger partial charge in [-0.1, -0.05) is 18.5 Å². The lowest BCUT2D eigenvalue weighted by Gasteiger charge is -2.14. The van der Waals surface area contributed by atoms with Gasteiger partial charge in [0.2, 0.25) is 0 Å². The van der Waals surface area contributed by atoms with Crippen LogP contribution in [0, 0.1) is 11.6 Å². The highest BCUT2D eigenvalue weighted by Gasteiger charge is 2.16. The first-order valence-corrected chi connectivity index (χ1v) is 10.3. The molecule has 3 N–H and O–H groups in total. The van der Waals surface area contributed by atoms with Crippen molar-refractivity contribution >= 4 is 39.5 Å². The normalized spacial score (nSPS) is 10.9. The maximum atomic E-state index is 13.7. The first-order valence-electron chi connectivity index (χ1n) is 9.95. The highest BCUT2D eigenvalue weighted by Crippen LogP contribution is 2.24. The van der Waals surface area contributed by atoms with E-state index in [1.807, 2.05) is 6.92 Å². The smallest absolute Gasteiger partial charge is 0.267 e. The quantitative estimate of drug-likeness (QED) is 0.409. The van der Waals surface area contributed by atoms with Gasteiger partial charge in [0, 0.05) is 6.42 Å². The van der Waals surface area contributed by atoms with E-state index >= 15 is 0 Å². The van der Waals surface area contributed by atoms with E-state index in [0.717, 1.165) is 6.42 Å². The second kappa shape index (κ2) is 9.29. The highest BCUT2D eigenvalue weighted by atomic mass is 35.5. The van der Waals surface area contributed by atoms with Crippen LogP contribution in [0.4, 0.5) is 14.6 Å². The molecule has 0 bridgehead atoms. The van der Waals surface area contributed by atoms with E-state index < -0.39 is 17.2 Å². The summed E-state index contributed by atoms with van der Waals surface area (Å²) in [6.07, 6.45) is 4.25. The first-order chi connectivity index (χ1) is 15.9. The average Bonchev–Trinajstić information content (AvgIpc) is 3.28. The van der Waals surface area contributed by atoms with Crippen molar-refractivity contribution in [2.24, 2.45) is 0 Å². The number of benzene rings is 2. The Labute approximate surface area is 191 Å². The lowest BCUT2D eigenvalue weighted by molar-refractivity contribution is 0.627. The number of aromatic amines is 1. The van der Waals surface area contributed by atoms with Crippen LogP contribution in [0.3, 0.4) is 0 Å². The molecule has 33 heavy (non-hydrogen) atoms. The third kappa shape index (κ3) is 4.37. The summed E-state index contributed by atoms with van der Waals surface area (Å²) in [5.41, 5.74) is 7.13. The first kappa shape index (κ1) is 22.3. The van der Waals surface area contributed by atoms with E-state index in [-0.39, 0.29) is 10.4 Å². The standard InChI is InChI=1S/C17H13ClF2N2O.C5H5N5/c1-2-3-14-21-13-9-8-12(20)16(18)15(13)17(23)22(14)11-6-4-10(19)5-7-11;6-4-3-5(9-1-7-3)10-2-8-4/h4-9H,2-3H2,1H3;1-2H,(H3,6,7,8,9,10). The van der Waals surface area contributed by atoms with Crippen LogP contribution in [-0.4, -0.2) is 29.5 Å². The Hall–Kier alpha value is -3.92. The zero-order valence-corrected chi connectivity index (χ0v) is 18.1. The SMILES string of the molecule is CCCc1nc2ccc(F)c(Cl)c2c(=O)n1-c1ccc(F)cc1.Nc1ncnc2nc[nH]c12. The Morgan fingerprint density at radius 2 is 1.85 bits per heavy atom. The fourth-order valence-corrected chi connectivity index (χ4v) is 3.53. The molecule has 168 valence electrons. The minimum Gasteiger partial charge on any atom is -0.382 e. The van der Waals surface area contributed by atoms with Gasteiger partial charge in [-0.3, -0.25) is 9.36 Å². The number of nitrogens with two attached hydrogens (primary N) is 1. The van der Waals surface area contributed by atoms with E-state index in [4.69, 9.17) is 17.3 Å². The molecule has 0 saturated heterocycles. The van der Waals surface area contributed by atoms with Gasteiger partial charge in [-0.05, 0) is 42.8 Å². The number of halogens is 3. The van der Waals surface area contributed by atoms with E-state index in [0.29, 0.717) is 40.4 Å². The number of fused-ring (bicyclic) bond motifs is 2. The molecule has 0 unspecified atom stereocenters. The van der Waals surface area contributed by atoms with E-state index in [9.17, 15) is 13.6 Å². The highest BCUT2D eigenvalue weighted by molar-refractivity contribution is 6.35. The second-order valence-corrected chi connectivity index (χ2v) is 7.39. The Morgan fingerprint density at radius 1 is 1.09 bits per heavy atom. The van der Waals surface area contributed by atoms with Gasteiger partial charge in [0.25, 0.3) is 5.56 Å². The molecule has 0 saturated carbocycles. The maximum Gasteiger partial charge on any atom is 0.267 e. The predicted octanol–water partition coefficient (Wildman–Crippen LogP) is 4.20. The van der Waals surface area contributed by atoms with Crippen LogP contribution in [0.2, 0.25) is 5.02 Å². The van der Waals surface area contributed by atoms with Crippen molar-refractivity contribution < 1.29 is 8.78 Å². The molecule has 11 heteroatoms. The van der Waals surface area contributed by atoms with Crippen molar-refractivity contribution in [3.63, 3.8) is 0 Å². The summed E-state index contributed by atoms with van der Waals surface area (Å²) in [5.74, 6) is -0.120. The number of hydrogen-bond acceptors (Lipinski definition) is 6. The number of nitrogens with zero attached hydrogens (tertiary/aromatic N) is 5. The fourth-order valence-electron chi connectivity index (χ4n) is 3.29. The van der Waals surface area contributed by atoms with Gasteiger partial charge in [0.05, 0.1) is 27.9 Å². The molecule has 5 aromatic rings. The van der Waals surface area contributed by atoms with Crippen LogP contribution in [-0.2, 0) is 6.42 Å². The minimum atomic E-state index is -0.674. The van der Waals surface area contributed by atoms with Crippen molar-refractivity contribution in [1.82, 2.24) is 29.5 Å². The molecule has 0 amide bonds. The number of rotatable bonds is 3. The van der Waals surface area contributed by atoms with Crippen LogP contribution < -0.4 is 11.3 Å². The zero-order chi connectivity index (χ0) is 23.5. The molecule has 0 fully saturated rings. The predicted molar refractivity (Wildman–Crippen MR) is 122 cm³/mol. The Kier molecular flexibility index (Phi) is 6.27. The van der Waals surface area contributed by atoms with Gasteiger partial charge in [0.15, 0.2) is 11.5 Å². The summed E-state index contributed by atoms with van der Waals surface area (Å²) in [6.45, 7) is 1.96. The molecule has 0 radical (unpaired) electrons. The van der Waals surface area contributed by atoms with Crippen molar-refractivity contribution in [1.29, 1.82) is 0 Å². The summed E-state index contributed by atoms with van der Waals surface area (Å²) in [5, 5.41) is -0.227. The molecule has 3 aromatic heterocycles. The largest absolute Gasteiger partial charge is 0.382 e. The third-order valence-electron chi connectivity index (χ3n) is 4.81. The van der Waals surface area contributed by atoms with Crippen LogP contribution in [0.15, 0.2) is 53.8 Å². The molecule has 0 aliphatic carbocycles. The van der Waals surface area contributed by atoms with Gasteiger partial charge in [-0.2, -0.15) is 0 Å². The molecule has 0 aliphatic rings. The number of H-pyrrole nitrogens is 1. The van der Waals surface area contributed by atoms with Gasteiger partial charge in [-0.15, -0.1) is 0 Å². The van der Waals surface area contributed by atoms with Gasteiger partial charge >= 0.3 is 0 Å². The summed E-state index contributed by atoms with van der Waals surface area (Å²) in [7, 11) is 0. The van der Waals surface area contributed by atoms with Crippen LogP contribution in [0.25, 0.3) is 27.8 Å². The lowest BCUT2D eigenvalue weighted by Crippen LogP contribution is -2.24. The van der Waals surface area contributed by atoms with Crippen molar-refractivity contribution in [3.05, 3.63) is 81.9 Å². The number of imidazole rings is 1. The molecular weight excluding hydrogens is 452 g/mol.